The lowest BCUT2D eigenvalue weighted by molar-refractivity contribution is 0.0913. The van der Waals surface area contributed by atoms with Gasteiger partial charge in [0, 0.05) is 28.6 Å². The van der Waals surface area contributed by atoms with E-state index in [1.165, 1.54) is 0 Å². The van der Waals surface area contributed by atoms with Crippen molar-refractivity contribution >= 4 is 33.4 Å². The smallest absolute Gasteiger partial charge is 0.252 e. The summed E-state index contributed by atoms with van der Waals surface area (Å²) in [6.07, 6.45) is 1.75. The number of carbonyl (C=O) groups excluding carboxylic acids is 1. The predicted molar refractivity (Wildman–Crippen MR) is 81.7 cm³/mol. The minimum Gasteiger partial charge on any atom is -0.349 e. The van der Waals surface area contributed by atoms with Gasteiger partial charge < -0.3 is 5.32 Å². The van der Waals surface area contributed by atoms with Crippen molar-refractivity contribution in [1.29, 1.82) is 5.26 Å². The predicted octanol–water partition coefficient (Wildman–Crippen LogP) is 2.82. The number of hydrogen-bond donors (Lipinski definition) is 1. The van der Waals surface area contributed by atoms with Crippen LogP contribution in [0.15, 0.2) is 22.7 Å². The van der Waals surface area contributed by atoms with Crippen molar-refractivity contribution in [3.05, 3.63) is 33.3 Å². The largest absolute Gasteiger partial charge is 0.349 e. The number of rotatable bonds is 3. The Balaban J connectivity index is 1.91. The molecule has 0 aromatic heterocycles. The molecule has 1 fully saturated rings. The molecule has 1 N–H and O–H groups in total. The van der Waals surface area contributed by atoms with Crippen LogP contribution in [-0.2, 0) is 0 Å². The second-order valence-corrected chi connectivity index (χ2v) is 6.10. The zero-order chi connectivity index (χ0) is 14.5. The highest BCUT2D eigenvalue weighted by molar-refractivity contribution is 9.10. The van der Waals surface area contributed by atoms with Gasteiger partial charge in [-0.3, -0.25) is 9.69 Å². The molecule has 1 aliphatic rings. The summed E-state index contributed by atoms with van der Waals surface area (Å²) in [5, 5.41) is 12.3. The Labute approximate surface area is 131 Å². The highest BCUT2D eigenvalue weighted by Crippen LogP contribution is 2.22. The van der Waals surface area contributed by atoms with E-state index in [9.17, 15) is 4.79 Å². The molecule has 1 amide bonds. The van der Waals surface area contributed by atoms with Gasteiger partial charge in [-0.15, -0.1) is 0 Å². The van der Waals surface area contributed by atoms with Gasteiger partial charge in [0.25, 0.3) is 5.91 Å². The van der Waals surface area contributed by atoms with E-state index in [0.717, 1.165) is 25.9 Å². The quantitative estimate of drug-likeness (QED) is 0.847. The first-order chi connectivity index (χ1) is 9.60. The average Bonchev–Trinajstić information content (AvgIpc) is 2.41. The van der Waals surface area contributed by atoms with Crippen molar-refractivity contribution in [2.24, 2.45) is 0 Å². The van der Waals surface area contributed by atoms with Crippen molar-refractivity contribution in [3.63, 3.8) is 0 Å². The van der Waals surface area contributed by atoms with Crippen LogP contribution >= 0.6 is 27.5 Å². The summed E-state index contributed by atoms with van der Waals surface area (Å²) < 4.78 is 0.699. The number of amides is 1. The van der Waals surface area contributed by atoms with Crippen LogP contribution in [-0.4, -0.2) is 36.5 Å². The van der Waals surface area contributed by atoms with Gasteiger partial charge in [0.05, 0.1) is 18.2 Å². The standard InChI is InChI=1S/C14H15BrClN3O/c15-13-9-10(16)1-2-12(13)14(20)18-11-3-6-19(7-4-11)8-5-17/h1-2,9,11H,3-4,6-8H2,(H,18,20). The van der Waals surface area contributed by atoms with E-state index in [1.54, 1.807) is 18.2 Å². The number of carbonyl (C=O) groups is 1. The maximum Gasteiger partial charge on any atom is 0.252 e. The molecule has 0 saturated carbocycles. The topological polar surface area (TPSA) is 56.1 Å². The number of benzene rings is 1. The Morgan fingerprint density at radius 2 is 2.20 bits per heavy atom. The number of nitriles is 1. The summed E-state index contributed by atoms with van der Waals surface area (Å²) in [6.45, 7) is 2.16. The zero-order valence-electron chi connectivity index (χ0n) is 10.9. The van der Waals surface area contributed by atoms with E-state index in [0.29, 0.717) is 21.6 Å². The molecule has 0 radical (unpaired) electrons. The lowest BCUT2D eigenvalue weighted by atomic mass is 10.0. The molecule has 0 atom stereocenters. The van der Waals surface area contributed by atoms with Gasteiger partial charge in [0.15, 0.2) is 0 Å². The van der Waals surface area contributed by atoms with Crippen molar-refractivity contribution < 1.29 is 4.79 Å². The highest BCUT2D eigenvalue weighted by atomic mass is 79.9. The summed E-state index contributed by atoms with van der Waals surface area (Å²) in [4.78, 5) is 14.3. The lowest BCUT2D eigenvalue weighted by Crippen LogP contribution is -2.44. The molecule has 4 nitrogen and oxygen atoms in total. The Morgan fingerprint density at radius 1 is 1.50 bits per heavy atom. The normalized spacial score (nSPS) is 16.6. The molecule has 1 heterocycles. The number of nitrogens with one attached hydrogen (secondary N) is 1. The maximum atomic E-state index is 12.2. The average molecular weight is 357 g/mol. The number of likely N-dealkylation sites (tertiary alicyclic amines) is 1. The van der Waals surface area contributed by atoms with Crippen molar-refractivity contribution in [2.75, 3.05) is 19.6 Å². The molecule has 0 unspecified atom stereocenters. The van der Waals surface area contributed by atoms with Gasteiger partial charge in [-0.1, -0.05) is 11.6 Å². The van der Waals surface area contributed by atoms with Crippen LogP contribution in [0.3, 0.4) is 0 Å². The van der Waals surface area contributed by atoms with E-state index < -0.39 is 0 Å². The molecule has 0 spiro atoms. The zero-order valence-corrected chi connectivity index (χ0v) is 13.2. The lowest BCUT2D eigenvalue weighted by Gasteiger charge is -2.30. The van der Waals surface area contributed by atoms with Gasteiger partial charge in [0.1, 0.15) is 0 Å². The molecule has 0 aliphatic carbocycles. The van der Waals surface area contributed by atoms with Crippen molar-refractivity contribution in [3.8, 4) is 6.07 Å². The molecule has 20 heavy (non-hydrogen) atoms. The summed E-state index contributed by atoms with van der Waals surface area (Å²) in [7, 11) is 0. The fraction of sp³-hybridized carbons (Fsp3) is 0.429. The Kier molecular flexibility index (Phi) is 5.41. The third kappa shape index (κ3) is 3.95. The minimum absolute atomic E-state index is 0.0905. The van der Waals surface area contributed by atoms with Crippen LogP contribution in [0, 0.1) is 11.3 Å². The molecule has 6 heteroatoms. The molecule has 106 valence electrons. The molecular formula is C14H15BrClN3O. The van der Waals surface area contributed by atoms with Gasteiger partial charge in [0.2, 0.25) is 0 Å². The third-order valence-corrected chi connectivity index (χ3v) is 4.28. The van der Waals surface area contributed by atoms with E-state index in [-0.39, 0.29) is 11.9 Å². The van der Waals surface area contributed by atoms with Crippen LogP contribution in [0.5, 0.6) is 0 Å². The van der Waals surface area contributed by atoms with Crippen LogP contribution in [0.1, 0.15) is 23.2 Å². The van der Waals surface area contributed by atoms with Gasteiger partial charge in [-0.05, 0) is 47.0 Å². The molecule has 1 aromatic carbocycles. The molecule has 1 aliphatic heterocycles. The summed E-state index contributed by atoms with van der Waals surface area (Å²) in [6, 6.07) is 7.45. The monoisotopic (exact) mass is 355 g/mol. The van der Waals surface area contributed by atoms with Crippen LogP contribution < -0.4 is 5.32 Å². The maximum absolute atomic E-state index is 12.2. The van der Waals surface area contributed by atoms with E-state index in [1.807, 2.05) is 0 Å². The fourth-order valence-corrected chi connectivity index (χ4v) is 3.13. The minimum atomic E-state index is -0.0905. The van der Waals surface area contributed by atoms with Gasteiger partial charge in [-0.25, -0.2) is 0 Å². The SMILES string of the molecule is N#CCN1CCC(NC(=O)c2ccc(Cl)cc2Br)CC1. The van der Waals surface area contributed by atoms with Crippen molar-refractivity contribution in [2.45, 2.75) is 18.9 Å². The summed E-state index contributed by atoms with van der Waals surface area (Å²) in [5.74, 6) is -0.0905. The molecule has 2 rings (SSSR count). The molecular weight excluding hydrogens is 342 g/mol. The van der Waals surface area contributed by atoms with Crippen molar-refractivity contribution in [1.82, 2.24) is 10.2 Å². The molecule has 0 bridgehead atoms. The van der Waals surface area contributed by atoms with E-state index in [2.05, 4.69) is 32.2 Å². The first-order valence-electron chi connectivity index (χ1n) is 6.45. The second kappa shape index (κ2) is 7.07. The highest BCUT2D eigenvalue weighted by Gasteiger charge is 2.21. The van der Waals surface area contributed by atoms with Crippen LogP contribution in [0.25, 0.3) is 0 Å². The van der Waals surface area contributed by atoms with Crippen LogP contribution in [0.2, 0.25) is 5.02 Å². The summed E-state index contributed by atoms with van der Waals surface area (Å²) >= 11 is 9.22. The Hall–Kier alpha value is -1.09. The van der Waals surface area contributed by atoms with E-state index in [4.69, 9.17) is 16.9 Å². The first kappa shape index (κ1) is 15.3. The molecule has 1 saturated heterocycles. The third-order valence-electron chi connectivity index (χ3n) is 3.39. The molecule has 1 aromatic rings. The first-order valence-corrected chi connectivity index (χ1v) is 7.62. The van der Waals surface area contributed by atoms with E-state index >= 15 is 0 Å². The number of hydrogen-bond acceptors (Lipinski definition) is 3. The Bertz CT molecular complexity index is 536. The number of nitrogens with zero attached hydrogens (tertiary/aromatic N) is 2. The number of piperidine rings is 1. The number of halogens is 2. The Morgan fingerprint density at radius 3 is 2.80 bits per heavy atom. The second-order valence-electron chi connectivity index (χ2n) is 4.81. The fourth-order valence-electron chi connectivity index (χ4n) is 2.27. The summed E-state index contributed by atoms with van der Waals surface area (Å²) in [5.41, 5.74) is 0.592. The van der Waals surface area contributed by atoms with Gasteiger partial charge in [-0.2, -0.15) is 5.26 Å². The van der Waals surface area contributed by atoms with Crippen LogP contribution in [0.4, 0.5) is 0 Å². The van der Waals surface area contributed by atoms with Gasteiger partial charge >= 0.3 is 0 Å².